The van der Waals surface area contributed by atoms with E-state index in [2.05, 4.69) is 123 Å². The molecule has 9 nitrogen and oxygen atoms in total. The molecule has 0 aliphatic rings. The summed E-state index contributed by atoms with van der Waals surface area (Å²) in [6, 6.07) is 0. The zero-order chi connectivity index (χ0) is 44.8. The number of rotatable bonds is 41. The summed E-state index contributed by atoms with van der Waals surface area (Å²) >= 11 is 0. The van der Waals surface area contributed by atoms with Gasteiger partial charge in [0, 0.05) is 19.4 Å². The summed E-state index contributed by atoms with van der Waals surface area (Å²) < 4.78 is 33.5. The molecule has 346 valence electrons. The second kappa shape index (κ2) is 44.7. The number of phosphoric acid groups is 1. The van der Waals surface area contributed by atoms with Gasteiger partial charge in [0.2, 0.25) is 0 Å². The van der Waals surface area contributed by atoms with Gasteiger partial charge in [0.15, 0.2) is 6.10 Å². The van der Waals surface area contributed by atoms with Gasteiger partial charge in [-0.3, -0.25) is 18.6 Å². The molecule has 2 unspecified atom stereocenters. The van der Waals surface area contributed by atoms with Crippen LogP contribution in [0.2, 0.25) is 0 Å². The number of likely N-dealkylation sites (N-methyl/N-ethyl adjacent to an activating group) is 1. The van der Waals surface area contributed by atoms with Crippen LogP contribution >= 0.6 is 7.82 Å². The summed E-state index contributed by atoms with van der Waals surface area (Å²) in [6.45, 7) is 4.08. The van der Waals surface area contributed by atoms with Gasteiger partial charge in [-0.05, 0) is 117 Å². The molecule has 0 bridgehead atoms. The van der Waals surface area contributed by atoms with Gasteiger partial charge in [0.1, 0.15) is 6.61 Å². The fraction of sp³-hybridized carbons (Fsp3) is 0.608. The number of nitrogens with zero attached hydrogens (tertiary/aromatic N) is 1. The molecule has 0 saturated carbocycles. The van der Waals surface area contributed by atoms with Crippen molar-refractivity contribution in [3.05, 3.63) is 109 Å². The Labute approximate surface area is 372 Å². The molecule has 0 radical (unpaired) electrons. The molecule has 2 atom stereocenters. The van der Waals surface area contributed by atoms with Crippen molar-refractivity contribution in [3.63, 3.8) is 0 Å². The van der Waals surface area contributed by atoms with Crippen LogP contribution in [0.5, 0.6) is 0 Å². The van der Waals surface area contributed by atoms with E-state index < -0.39 is 32.5 Å². The van der Waals surface area contributed by atoms with Crippen LogP contribution in [0.15, 0.2) is 109 Å². The third kappa shape index (κ3) is 46.0. The third-order valence-corrected chi connectivity index (χ3v) is 10.0. The lowest BCUT2D eigenvalue weighted by Crippen LogP contribution is -2.29. The van der Waals surface area contributed by atoms with Crippen molar-refractivity contribution in [1.29, 1.82) is 0 Å². The number of carbonyl (C=O) groups excluding carboxylic acids is 2. The Morgan fingerprint density at radius 3 is 1.36 bits per heavy atom. The third-order valence-electron chi connectivity index (χ3n) is 9.06. The molecule has 61 heavy (non-hydrogen) atoms. The van der Waals surface area contributed by atoms with Crippen molar-refractivity contribution < 1.29 is 37.6 Å². The van der Waals surface area contributed by atoms with E-state index in [1.807, 2.05) is 14.1 Å². The Hall–Kier alpha value is -3.33. The van der Waals surface area contributed by atoms with Gasteiger partial charge in [0.05, 0.1) is 13.2 Å². The summed E-state index contributed by atoms with van der Waals surface area (Å²) in [5.74, 6) is -0.888. The minimum atomic E-state index is -4.39. The number of allylic oxidation sites excluding steroid dienone is 18. The van der Waals surface area contributed by atoms with Gasteiger partial charge in [0.25, 0.3) is 0 Å². The van der Waals surface area contributed by atoms with E-state index in [1.165, 1.54) is 25.7 Å². The Morgan fingerprint density at radius 2 is 0.934 bits per heavy atom. The Kier molecular flexibility index (Phi) is 42.3. The second-order valence-electron chi connectivity index (χ2n) is 15.2. The molecule has 0 aromatic rings. The molecule has 0 fully saturated rings. The van der Waals surface area contributed by atoms with Crippen LogP contribution in [0, 0.1) is 0 Å². The Bertz CT molecular complexity index is 1370. The highest BCUT2D eigenvalue weighted by molar-refractivity contribution is 7.47. The lowest BCUT2D eigenvalue weighted by Gasteiger charge is -2.20. The minimum absolute atomic E-state index is 0.0117. The Balaban J connectivity index is 4.42. The summed E-state index contributed by atoms with van der Waals surface area (Å²) in [5.41, 5.74) is 0. The first-order valence-corrected chi connectivity index (χ1v) is 24.7. The van der Waals surface area contributed by atoms with Crippen molar-refractivity contribution in [2.75, 3.05) is 40.5 Å². The summed E-state index contributed by atoms with van der Waals surface area (Å²) in [5, 5.41) is 0. The van der Waals surface area contributed by atoms with Gasteiger partial charge in [-0.2, -0.15) is 0 Å². The first kappa shape index (κ1) is 57.7. The van der Waals surface area contributed by atoms with Gasteiger partial charge in [-0.25, -0.2) is 4.57 Å². The van der Waals surface area contributed by atoms with Crippen LogP contribution in [0.4, 0.5) is 0 Å². The first-order chi connectivity index (χ1) is 29.7. The molecular formula is C51H84NO8P. The fourth-order valence-corrected chi connectivity index (χ4v) is 6.26. The second-order valence-corrected chi connectivity index (χ2v) is 16.6. The summed E-state index contributed by atoms with van der Waals surface area (Å²) in [6.07, 6.45) is 58.5. The molecular weight excluding hydrogens is 786 g/mol. The molecule has 0 rings (SSSR count). The normalized spacial score (nSPS) is 14.3. The molecule has 0 amide bonds. The van der Waals surface area contributed by atoms with Crippen molar-refractivity contribution in [1.82, 2.24) is 4.90 Å². The zero-order valence-corrected chi connectivity index (χ0v) is 39.4. The predicted molar refractivity (Wildman–Crippen MR) is 256 cm³/mol. The van der Waals surface area contributed by atoms with Crippen LogP contribution in [-0.4, -0.2) is 68.3 Å². The molecule has 0 aromatic carbocycles. The van der Waals surface area contributed by atoms with Crippen LogP contribution in [0.3, 0.4) is 0 Å². The van der Waals surface area contributed by atoms with Crippen molar-refractivity contribution in [3.8, 4) is 0 Å². The van der Waals surface area contributed by atoms with Crippen molar-refractivity contribution in [2.24, 2.45) is 0 Å². The quantitative estimate of drug-likeness (QED) is 0.0278. The average molecular weight is 870 g/mol. The number of esters is 2. The Morgan fingerprint density at radius 1 is 0.525 bits per heavy atom. The largest absolute Gasteiger partial charge is 0.472 e. The van der Waals surface area contributed by atoms with E-state index in [1.54, 1.807) is 4.90 Å². The number of carbonyl (C=O) groups is 2. The monoisotopic (exact) mass is 870 g/mol. The van der Waals surface area contributed by atoms with E-state index >= 15 is 0 Å². The fourth-order valence-electron chi connectivity index (χ4n) is 5.52. The number of hydrogen-bond donors (Lipinski definition) is 1. The highest BCUT2D eigenvalue weighted by atomic mass is 31.2. The maximum atomic E-state index is 12.7. The van der Waals surface area contributed by atoms with Crippen LogP contribution in [0.1, 0.15) is 155 Å². The maximum absolute atomic E-state index is 12.7. The minimum Gasteiger partial charge on any atom is -0.462 e. The zero-order valence-electron chi connectivity index (χ0n) is 38.6. The van der Waals surface area contributed by atoms with Gasteiger partial charge < -0.3 is 19.3 Å². The topological polar surface area (TPSA) is 112 Å². The van der Waals surface area contributed by atoms with Gasteiger partial charge in [-0.1, -0.05) is 149 Å². The molecule has 1 N–H and O–H groups in total. The highest BCUT2D eigenvalue weighted by Gasteiger charge is 2.26. The van der Waals surface area contributed by atoms with E-state index in [9.17, 15) is 19.0 Å². The highest BCUT2D eigenvalue weighted by Crippen LogP contribution is 2.43. The molecule has 0 aliphatic heterocycles. The predicted octanol–water partition coefficient (Wildman–Crippen LogP) is 13.8. The van der Waals surface area contributed by atoms with Gasteiger partial charge in [-0.15, -0.1) is 0 Å². The molecule has 10 heteroatoms. The number of hydrogen-bond acceptors (Lipinski definition) is 8. The number of ether oxygens (including phenoxy) is 2. The smallest absolute Gasteiger partial charge is 0.462 e. The number of phosphoric ester groups is 1. The average Bonchev–Trinajstić information content (AvgIpc) is 3.23. The van der Waals surface area contributed by atoms with E-state index in [0.29, 0.717) is 19.4 Å². The maximum Gasteiger partial charge on any atom is 0.472 e. The lowest BCUT2D eigenvalue weighted by atomic mass is 10.1. The summed E-state index contributed by atoms with van der Waals surface area (Å²) in [4.78, 5) is 37.1. The molecule has 0 saturated heterocycles. The van der Waals surface area contributed by atoms with Crippen molar-refractivity contribution >= 4 is 19.8 Å². The van der Waals surface area contributed by atoms with E-state index in [0.717, 1.165) is 89.9 Å². The van der Waals surface area contributed by atoms with Crippen LogP contribution in [0.25, 0.3) is 0 Å². The van der Waals surface area contributed by atoms with E-state index in [4.69, 9.17) is 18.5 Å². The lowest BCUT2D eigenvalue weighted by molar-refractivity contribution is -0.161. The molecule has 0 heterocycles. The van der Waals surface area contributed by atoms with Gasteiger partial charge >= 0.3 is 19.8 Å². The molecule has 0 spiro atoms. The van der Waals surface area contributed by atoms with Crippen molar-refractivity contribution in [2.45, 2.75) is 161 Å². The van der Waals surface area contributed by atoms with Crippen LogP contribution in [-0.2, 0) is 32.7 Å². The van der Waals surface area contributed by atoms with E-state index in [-0.39, 0.29) is 26.1 Å². The standard InChI is InChI=1S/C51H84NO8P/c1-5-7-9-11-13-15-17-19-21-23-25-27-29-31-33-35-37-39-41-43-50(53)57-47-49(48-59-61(55,56)58-46-45-52(3)4)60-51(54)44-42-40-38-36-34-32-30-28-26-24-22-20-18-16-14-12-10-8-6-2/h8,10,13-16,19-22,25-28,31-34,49H,5-7,9,11-12,17-18,23-24,29-30,35-48H2,1-4H3,(H,55,56)/b10-8-,15-13-,16-14-,21-19-,22-20-,27-25-,28-26-,33-31-,34-32-. The molecule has 0 aliphatic carbocycles. The SMILES string of the molecule is CC/C=C\C/C=C\C/C=C\C/C=C\C/C=C\CCCCCC(=O)OC(COC(=O)CCCCC/C=C\C/C=C\C/C=C\C/C=C\CCCCC)COP(=O)(O)OCCN(C)C. The molecule has 0 aromatic heterocycles. The summed E-state index contributed by atoms with van der Waals surface area (Å²) in [7, 11) is -0.763. The number of unbranched alkanes of at least 4 members (excludes halogenated alkanes) is 9. The van der Waals surface area contributed by atoms with Crippen LogP contribution < -0.4 is 0 Å². The first-order valence-electron chi connectivity index (χ1n) is 23.2.